The first-order chi connectivity index (χ1) is 13.2. The number of aryl methyl sites for hydroxylation is 1. The number of amides is 1. The number of carbonyl (C=O) groups is 1. The van der Waals surface area contributed by atoms with Crippen molar-refractivity contribution in [1.82, 2.24) is 10.3 Å². The molecule has 0 saturated carbocycles. The van der Waals surface area contributed by atoms with E-state index in [1.807, 2.05) is 13.0 Å². The van der Waals surface area contributed by atoms with Crippen LogP contribution in [0.15, 0.2) is 30.3 Å². The first-order valence-corrected chi connectivity index (χ1v) is 10.4. The van der Waals surface area contributed by atoms with Gasteiger partial charge in [-0.1, -0.05) is 46.1 Å². The van der Waals surface area contributed by atoms with Crippen LogP contribution in [0, 0.1) is 6.92 Å². The molecule has 3 aromatic rings. The molecule has 3 rings (SSSR count). The van der Waals surface area contributed by atoms with Crippen LogP contribution in [-0.2, 0) is 4.79 Å². The highest BCUT2D eigenvalue weighted by Crippen LogP contribution is 2.30. The molecule has 0 aliphatic carbocycles. The van der Waals surface area contributed by atoms with Crippen LogP contribution in [0.25, 0.3) is 10.2 Å². The van der Waals surface area contributed by atoms with Gasteiger partial charge < -0.3 is 10.1 Å². The Morgan fingerprint density at radius 2 is 1.96 bits per heavy atom. The third-order valence-corrected chi connectivity index (χ3v) is 5.77. The van der Waals surface area contributed by atoms with Gasteiger partial charge in [-0.3, -0.25) is 10.1 Å². The lowest BCUT2D eigenvalue weighted by atomic mass is 10.2. The fourth-order valence-electron chi connectivity index (χ4n) is 2.26. The number of carbonyl (C=O) groups excluding carboxylic acids is 1. The van der Waals surface area contributed by atoms with E-state index in [0.717, 1.165) is 15.8 Å². The van der Waals surface area contributed by atoms with Crippen LogP contribution in [0.2, 0.25) is 15.1 Å². The first kappa shape index (κ1) is 21.1. The van der Waals surface area contributed by atoms with Gasteiger partial charge in [-0.2, -0.15) is 0 Å². The van der Waals surface area contributed by atoms with Gasteiger partial charge in [0.2, 0.25) is 0 Å². The van der Waals surface area contributed by atoms with Crippen molar-refractivity contribution >= 4 is 84.7 Å². The van der Waals surface area contributed by atoms with Crippen LogP contribution in [0.3, 0.4) is 0 Å². The number of hydrogen-bond acceptors (Lipinski definition) is 5. The molecule has 2 aromatic carbocycles. The molecule has 0 bridgehead atoms. The number of halogens is 3. The maximum atomic E-state index is 12.3. The summed E-state index contributed by atoms with van der Waals surface area (Å²) in [6.45, 7) is 3.51. The molecule has 1 atom stereocenters. The Kier molecular flexibility index (Phi) is 6.62. The number of thiocarbonyl (C=S) groups is 1. The lowest BCUT2D eigenvalue weighted by Crippen LogP contribution is -2.42. The third kappa shape index (κ3) is 5.04. The molecule has 5 nitrogen and oxygen atoms in total. The molecule has 10 heteroatoms. The van der Waals surface area contributed by atoms with Gasteiger partial charge in [-0.05, 0) is 62.0 Å². The highest BCUT2D eigenvalue weighted by atomic mass is 35.5. The highest BCUT2D eigenvalue weighted by Gasteiger charge is 2.18. The summed E-state index contributed by atoms with van der Waals surface area (Å²) in [5, 5.41) is 7.59. The zero-order chi connectivity index (χ0) is 20.4. The summed E-state index contributed by atoms with van der Waals surface area (Å²) in [5.41, 5.74) is 1.72. The molecule has 1 aromatic heterocycles. The normalized spacial score (nSPS) is 11.9. The summed E-state index contributed by atoms with van der Waals surface area (Å²) in [6, 6.07) is 8.51. The Balaban J connectivity index is 1.61. The number of aromatic nitrogens is 1. The zero-order valence-corrected chi connectivity index (χ0v) is 18.6. The number of benzene rings is 2. The largest absolute Gasteiger partial charge is 0.479 e. The monoisotopic (exact) mass is 473 g/mol. The second kappa shape index (κ2) is 8.80. The van der Waals surface area contributed by atoms with Gasteiger partial charge in [0.05, 0.1) is 15.2 Å². The molecule has 1 heterocycles. The summed E-state index contributed by atoms with van der Waals surface area (Å²) in [6.07, 6.45) is -0.824. The van der Waals surface area contributed by atoms with Gasteiger partial charge in [0, 0.05) is 10.0 Å². The standard InChI is InChI=1S/C18H14Cl3N3O2S2/c1-8-5-15-13(7-11(8)20)22-18(28-15)24-17(27)23-16(25)9(2)26-14-4-3-10(19)6-12(14)21/h3-7,9H,1-2H3,(H2,22,23,24,25,27). The van der Waals surface area contributed by atoms with Crippen molar-refractivity contribution < 1.29 is 9.53 Å². The topological polar surface area (TPSA) is 63.2 Å². The minimum Gasteiger partial charge on any atom is -0.479 e. The number of nitrogens with one attached hydrogen (secondary N) is 2. The molecule has 0 spiro atoms. The van der Waals surface area contributed by atoms with Crippen molar-refractivity contribution in [1.29, 1.82) is 0 Å². The number of hydrogen-bond donors (Lipinski definition) is 2. The summed E-state index contributed by atoms with van der Waals surface area (Å²) in [4.78, 5) is 16.7. The minimum atomic E-state index is -0.824. The van der Waals surface area contributed by atoms with E-state index in [2.05, 4.69) is 15.6 Å². The van der Waals surface area contributed by atoms with E-state index < -0.39 is 12.0 Å². The lowest BCUT2D eigenvalue weighted by Gasteiger charge is -2.16. The Labute approximate surface area is 185 Å². The average molecular weight is 475 g/mol. The molecular weight excluding hydrogens is 461 g/mol. The van der Waals surface area contributed by atoms with Crippen molar-refractivity contribution in [3.63, 3.8) is 0 Å². The summed E-state index contributed by atoms with van der Waals surface area (Å²) in [5.74, 6) is -0.0745. The average Bonchev–Trinajstić information content (AvgIpc) is 2.98. The number of rotatable bonds is 4. The predicted molar refractivity (Wildman–Crippen MR) is 120 cm³/mol. The molecule has 1 unspecified atom stereocenters. The molecule has 0 saturated heterocycles. The Morgan fingerprint density at radius 1 is 1.21 bits per heavy atom. The zero-order valence-electron chi connectivity index (χ0n) is 14.7. The lowest BCUT2D eigenvalue weighted by molar-refractivity contribution is -0.125. The Morgan fingerprint density at radius 3 is 2.68 bits per heavy atom. The van der Waals surface area contributed by atoms with E-state index in [4.69, 9.17) is 51.8 Å². The van der Waals surface area contributed by atoms with Crippen molar-refractivity contribution in [2.24, 2.45) is 0 Å². The van der Waals surface area contributed by atoms with E-state index in [1.54, 1.807) is 25.1 Å². The van der Waals surface area contributed by atoms with Crippen LogP contribution in [0.1, 0.15) is 12.5 Å². The molecule has 0 aliphatic heterocycles. The fraction of sp³-hybridized carbons (Fsp3) is 0.167. The predicted octanol–water partition coefficient (Wildman–Crippen LogP) is 5.85. The van der Waals surface area contributed by atoms with Gasteiger partial charge >= 0.3 is 0 Å². The molecule has 146 valence electrons. The van der Waals surface area contributed by atoms with Crippen LogP contribution in [0.5, 0.6) is 5.75 Å². The number of nitrogens with zero attached hydrogens (tertiary/aromatic N) is 1. The van der Waals surface area contributed by atoms with Crippen LogP contribution in [0.4, 0.5) is 5.13 Å². The number of ether oxygens (including phenoxy) is 1. The summed E-state index contributed by atoms with van der Waals surface area (Å²) in [7, 11) is 0. The first-order valence-electron chi connectivity index (χ1n) is 8.03. The molecule has 1 amide bonds. The number of thiazole rings is 1. The van der Waals surface area contributed by atoms with Crippen LogP contribution < -0.4 is 15.4 Å². The quantitative estimate of drug-likeness (QED) is 0.465. The molecule has 0 radical (unpaired) electrons. The fourth-order valence-corrected chi connectivity index (χ4v) is 4.08. The van der Waals surface area contributed by atoms with Gasteiger partial charge in [-0.15, -0.1) is 0 Å². The van der Waals surface area contributed by atoms with Gasteiger partial charge in [0.25, 0.3) is 5.91 Å². The maximum Gasteiger partial charge on any atom is 0.266 e. The van der Waals surface area contributed by atoms with E-state index in [0.29, 0.717) is 25.9 Å². The summed E-state index contributed by atoms with van der Waals surface area (Å²) < 4.78 is 6.54. The number of anilines is 1. The Hall–Kier alpha value is -1.64. The molecule has 28 heavy (non-hydrogen) atoms. The van der Waals surface area contributed by atoms with Crippen molar-refractivity contribution in [3.8, 4) is 5.75 Å². The molecule has 0 aliphatic rings. The van der Waals surface area contributed by atoms with Crippen molar-refractivity contribution in [2.75, 3.05) is 5.32 Å². The molecular formula is C18H14Cl3N3O2S2. The maximum absolute atomic E-state index is 12.3. The summed E-state index contributed by atoms with van der Waals surface area (Å²) >= 11 is 24.6. The van der Waals surface area contributed by atoms with Crippen molar-refractivity contribution in [2.45, 2.75) is 20.0 Å². The van der Waals surface area contributed by atoms with Gasteiger partial charge in [0.1, 0.15) is 5.75 Å². The highest BCUT2D eigenvalue weighted by molar-refractivity contribution is 7.80. The van der Waals surface area contributed by atoms with Crippen LogP contribution >= 0.6 is 58.4 Å². The Bertz CT molecular complexity index is 1030. The third-order valence-electron chi connectivity index (χ3n) is 3.69. The smallest absolute Gasteiger partial charge is 0.266 e. The molecule has 2 N–H and O–H groups in total. The van der Waals surface area contributed by atoms with E-state index in [-0.39, 0.29) is 5.11 Å². The second-order valence-corrected chi connectivity index (χ2v) is 8.56. The van der Waals surface area contributed by atoms with Crippen LogP contribution in [-0.4, -0.2) is 22.1 Å². The minimum absolute atomic E-state index is 0.115. The van der Waals surface area contributed by atoms with Gasteiger partial charge in [-0.25, -0.2) is 4.98 Å². The SMILES string of the molecule is Cc1cc2sc(NC(=S)NC(=O)C(C)Oc3ccc(Cl)cc3Cl)nc2cc1Cl. The van der Waals surface area contributed by atoms with Crippen molar-refractivity contribution in [3.05, 3.63) is 51.0 Å². The van der Waals surface area contributed by atoms with E-state index in [1.165, 1.54) is 17.4 Å². The molecule has 0 fully saturated rings. The van der Waals surface area contributed by atoms with E-state index >= 15 is 0 Å². The second-order valence-electron chi connectivity index (χ2n) is 5.87. The number of fused-ring (bicyclic) bond motifs is 1. The van der Waals surface area contributed by atoms with Gasteiger partial charge in [0.15, 0.2) is 16.3 Å². The van der Waals surface area contributed by atoms with E-state index in [9.17, 15) is 4.79 Å².